The lowest BCUT2D eigenvalue weighted by molar-refractivity contribution is 0.680. The highest BCUT2D eigenvalue weighted by Gasteiger charge is 2.06. The smallest absolute Gasteiger partial charge is 0.0701 e. The standard InChI is InChI=1S/C10H19NS/c1-9(2)10-11-7-5-3-4-6-8-12-10/h9H,3-8H2,1-2H3. The Bertz CT molecular complexity index is 152. The first kappa shape index (κ1) is 10.1. The molecule has 0 saturated heterocycles. The zero-order valence-electron chi connectivity index (χ0n) is 8.18. The molecule has 0 fully saturated rings. The highest BCUT2D eigenvalue weighted by Crippen LogP contribution is 2.17. The maximum Gasteiger partial charge on any atom is 0.0701 e. The maximum absolute atomic E-state index is 4.62. The molecule has 0 aromatic rings. The average Bonchev–Trinajstić information content (AvgIpc) is 2.15. The molecule has 1 heterocycles. The van der Waals surface area contributed by atoms with Gasteiger partial charge in [-0.3, -0.25) is 4.99 Å². The molecule has 0 atom stereocenters. The summed E-state index contributed by atoms with van der Waals surface area (Å²) in [6.45, 7) is 5.54. The SMILES string of the molecule is CC(C)C1=NCCCCCCS1. The molecule has 12 heavy (non-hydrogen) atoms. The van der Waals surface area contributed by atoms with Gasteiger partial charge in [-0.2, -0.15) is 0 Å². The Hall–Kier alpha value is 0.0200. The topological polar surface area (TPSA) is 12.4 Å². The van der Waals surface area contributed by atoms with E-state index in [0.29, 0.717) is 5.92 Å². The second-order valence-electron chi connectivity index (χ2n) is 3.64. The van der Waals surface area contributed by atoms with Gasteiger partial charge in [0.2, 0.25) is 0 Å². The first-order valence-electron chi connectivity index (χ1n) is 4.98. The van der Waals surface area contributed by atoms with Crippen LogP contribution < -0.4 is 0 Å². The predicted octanol–water partition coefficient (Wildman–Crippen LogP) is 3.35. The lowest BCUT2D eigenvalue weighted by Crippen LogP contribution is -2.04. The molecule has 1 aliphatic heterocycles. The van der Waals surface area contributed by atoms with Crippen LogP contribution in [0.4, 0.5) is 0 Å². The van der Waals surface area contributed by atoms with Gasteiger partial charge in [-0.05, 0) is 18.6 Å². The van der Waals surface area contributed by atoms with Crippen molar-refractivity contribution < 1.29 is 0 Å². The van der Waals surface area contributed by atoms with Gasteiger partial charge in [0.15, 0.2) is 0 Å². The Balaban J connectivity index is 2.44. The van der Waals surface area contributed by atoms with E-state index in [9.17, 15) is 0 Å². The molecule has 0 aromatic carbocycles. The van der Waals surface area contributed by atoms with Crippen LogP contribution in [0.15, 0.2) is 4.99 Å². The van der Waals surface area contributed by atoms with Crippen LogP contribution >= 0.6 is 11.8 Å². The van der Waals surface area contributed by atoms with Crippen LogP contribution in [-0.4, -0.2) is 17.3 Å². The van der Waals surface area contributed by atoms with Gasteiger partial charge in [-0.25, -0.2) is 0 Å². The van der Waals surface area contributed by atoms with E-state index in [-0.39, 0.29) is 0 Å². The number of hydrogen-bond acceptors (Lipinski definition) is 2. The highest BCUT2D eigenvalue weighted by atomic mass is 32.2. The van der Waals surface area contributed by atoms with Gasteiger partial charge in [0.05, 0.1) is 5.04 Å². The van der Waals surface area contributed by atoms with E-state index in [4.69, 9.17) is 0 Å². The number of thioether (sulfide) groups is 1. The Labute approximate surface area is 80.0 Å². The fourth-order valence-electron chi connectivity index (χ4n) is 1.33. The Morgan fingerprint density at radius 3 is 2.67 bits per heavy atom. The first-order chi connectivity index (χ1) is 5.80. The molecule has 0 unspecified atom stereocenters. The zero-order valence-corrected chi connectivity index (χ0v) is 8.99. The summed E-state index contributed by atoms with van der Waals surface area (Å²) >= 11 is 1.97. The third-order valence-corrected chi connectivity index (χ3v) is 3.45. The van der Waals surface area contributed by atoms with E-state index >= 15 is 0 Å². The predicted molar refractivity (Wildman–Crippen MR) is 58.1 cm³/mol. The molecule has 0 radical (unpaired) electrons. The maximum atomic E-state index is 4.62. The summed E-state index contributed by atoms with van der Waals surface area (Å²) in [4.78, 5) is 4.62. The van der Waals surface area contributed by atoms with Gasteiger partial charge in [-0.15, -0.1) is 11.8 Å². The first-order valence-corrected chi connectivity index (χ1v) is 5.96. The Morgan fingerprint density at radius 2 is 1.92 bits per heavy atom. The summed E-state index contributed by atoms with van der Waals surface area (Å²) in [6.07, 6.45) is 5.43. The average molecular weight is 185 g/mol. The van der Waals surface area contributed by atoms with E-state index in [1.165, 1.54) is 36.5 Å². The molecule has 1 rings (SSSR count). The minimum absolute atomic E-state index is 0.632. The number of aliphatic imine (C=N–C) groups is 1. The van der Waals surface area contributed by atoms with Crippen LogP contribution in [0.25, 0.3) is 0 Å². The fourth-order valence-corrected chi connectivity index (χ4v) is 2.40. The van der Waals surface area contributed by atoms with Crippen LogP contribution in [-0.2, 0) is 0 Å². The zero-order chi connectivity index (χ0) is 8.81. The molecular weight excluding hydrogens is 166 g/mol. The molecule has 0 amide bonds. The van der Waals surface area contributed by atoms with Gasteiger partial charge in [0, 0.05) is 12.5 Å². The van der Waals surface area contributed by atoms with E-state index in [1.807, 2.05) is 11.8 Å². The van der Waals surface area contributed by atoms with E-state index < -0.39 is 0 Å². The van der Waals surface area contributed by atoms with Gasteiger partial charge in [0.25, 0.3) is 0 Å². The quantitative estimate of drug-likeness (QED) is 0.610. The monoisotopic (exact) mass is 185 g/mol. The fraction of sp³-hybridized carbons (Fsp3) is 0.900. The van der Waals surface area contributed by atoms with Crippen LogP contribution in [0.5, 0.6) is 0 Å². The molecule has 0 N–H and O–H groups in total. The third kappa shape index (κ3) is 3.61. The lowest BCUT2D eigenvalue weighted by atomic mass is 10.2. The minimum Gasteiger partial charge on any atom is -0.283 e. The van der Waals surface area contributed by atoms with Crippen LogP contribution in [0.2, 0.25) is 0 Å². The van der Waals surface area contributed by atoms with Crippen molar-refractivity contribution in [3.05, 3.63) is 0 Å². The van der Waals surface area contributed by atoms with Crippen molar-refractivity contribution in [2.45, 2.75) is 39.5 Å². The van der Waals surface area contributed by atoms with Crippen LogP contribution in [0.3, 0.4) is 0 Å². The molecule has 0 bridgehead atoms. The summed E-state index contributed by atoms with van der Waals surface area (Å²) in [5, 5.41) is 1.37. The van der Waals surface area contributed by atoms with Crippen molar-refractivity contribution in [3.63, 3.8) is 0 Å². The van der Waals surface area contributed by atoms with Crippen molar-refractivity contribution in [1.29, 1.82) is 0 Å². The third-order valence-electron chi connectivity index (χ3n) is 2.06. The molecule has 70 valence electrons. The number of nitrogens with zero attached hydrogens (tertiary/aromatic N) is 1. The molecule has 2 heteroatoms. The molecule has 0 saturated carbocycles. The Morgan fingerprint density at radius 1 is 1.17 bits per heavy atom. The van der Waals surface area contributed by atoms with Crippen molar-refractivity contribution in [3.8, 4) is 0 Å². The summed E-state index contributed by atoms with van der Waals surface area (Å²) < 4.78 is 0. The number of hydrogen-bond donors (Lipinski definition) is 0. The van der Waals surface area contributed by atoms with E-state index in [1.54, 1.807) is 0 Å². The van der Waals surface area contributed by atoms with Gasteiger partial charge in [0.1, 0.15) is 0 Å². The molecule has 1 aliphatic rings. The normalized spacial score (nSPS) is 21.1. The summed E-state index contributed by atoms with van der Waals surface area (Å²) in [7, 11) is 0. The van der Waals surface area contributed by atoms with Gasteiger partial charge >= 0.3 is 0 Å². The van der Waals surface area contributed by atoms with Crippen molar-refractivity contribution in [1.82, 2.24) is 0 Å². The summed E-state index contributed by atoms with van der Waals surface area (Å²) in [6, 6.07) is 0. The van der Waals surface area contributed by atoms with Gasteiger partial charge in [-0.1, -0.05) is 26.7 Å². The molecular formula is C10H19NS. The number of rotatable bonds is 1. The Kier molecular flexibility index (Phi) is 4.74. The minimum atomic E-state index is 0.632. The second-order valence-corrected chi connectivity index (χ2v) is 4.75. The largest absolute Gasteiger partial charge is 0.283 e. The van der Waals surface area contributed by atoms with Crippen molar-refractivity contribution in [2.75, 3.05) is 12.3 Å². The lowest BCUT2D eigenvalue weighted by Gasteiger charge is -2.07. The molecule has 0 spiro atoms. The van der Waals surface area contributed by atoms with Crippen molar-refractivity contribution in [2.24, 2.45) is 10.9 Å². The van der Waals surface area contributed by atoms with Crippen LogP contribution in [0, 0.1) is 5.92 Å². The van der Waals surface area contributed by atoms with Crippen molar-refractivity contribution >= 4 is 16.8 Å². The second kappa shape index (κ2) is 5.63. The van der Waals surface area contributed by atoms with Gasteiger partial charge < -0.3 is 0 Å². The molecule has 0 aliphatic carbocycles. The molecule has 0 aromatic heterocycles. The highest BCUT2D eigenvalue weighted by molar-refractivity contribution is 8.13. The van der Waals surface area contributed by atoms with E-state index in [2.05, 4.69) is 18.8 Å². The summed E-state index contributed by atoms with van der Waals surface area (Å²) in [5.74, 6) is 1.91. The molecule has 1 nitrogen and oxygen atoms in total. The van der Waals surface area contributed by atoms with Crippen LogP contribution in [0.1, 0.15) is 39.5 Å². The van der Waals surface area contributed by atoms with E-state index in [0.717, 1.165) is 6.54 Å². The summed E-state index contributed by atoms with van der Waals surface area (Å²) in [5.41, 5.74) is 0.